The van der Waals surface area contributed by atoms with Crippen LogP contribution in [0.4, 0.5) is 11.5 Å². The van der Waals surface area contributed by atoms with Gasteiger partial charge in [-0.2, -0.15) is 0 Å². The van der Waals surface area contributed by atoms with E-state index in [1.807, 2.05) is 65.0 Å². The molecule has 0 bridgehead atoms. The number of anilines is 2. The van der Waals surface area contributed by atoms with Gasteiger partial charge in [0.05, 0.1) is 56.6 Å². The number of quaternary nitrogens is 1. The van der Waals surface area contributed by atoms with E-state index in [1.54, 1.807) is 20.4 Å². The lowest BCUT2D eigenvalue weighted by molar-refractivity contribution is -0.897. The van der Waals surface area contributed by atoms with E-state index in [1.165, 1.54) is 0 Å². The molecule has 1 saturated carbocycles. The van der Waals surface area contributed by atoms with Crippen molar-refractivity contribution in [1.82, 2.24) is 30.3 Å². The summed E-state index contributed by atoms with van der Waals surface area (Å²) in [5.74, 6) is -0.769. The summed E-state index contributed by atoms with van der Waals surface area (Å²) in [6.07, 6.45) is 20.6. The number of carbonyl (C=O) groups excluding carboxylic acids is 3. The van der Waals surface area contributed by atoms with Crippen LogP contribution in [0, 0.1) is 24.2 Å². The van der Waals surface area contributed by atoms with Crippen LogP contribution in [0.1, 0.15) is 163 Å². The van der Waals surface area contributed by atoms with Gasteiger partial charge in [0.15, 0.2) is 6.54 Å². The Morgan fingerprint density at radius 1 is 0.886 bits per heavy atom. The normalized spacial score (nSPS) is 15.0. The molecule has 1 aliphatic heterocycles. The Balaban J connectivity index is 0.891. The molecular formula is C60H87N9O10. The van der Waals surface area contributed by atoms with E-state index < -0.39 is 17.9 Å². The van der Waals surface area contributed by atoms with Crippen LogP contribution in [0.2, 0.25) is 0 Å². The minimum absolute atomic E-state index is 0.0191. The molecule has 4 heterocycles. The molecule has 2 atom stereocenters. The molecule has 19 nitrogen and oxygen atoms in total. The number of carbonyl (C=O) groups is 5. The number of unbranched alkanes of at least 4 members (excludes halogenated alkanes) is 8. The van der Waals surface area contributed by atoms with E-state index in [0.29, 0.717) is 73.9 Å². The van der Waals surface area contributed by atoms with E-state index in [-0.39, 0.29) is 47.1 Å². The Bertz CT molecular complexity index is 2580. The Hall–Kier alpha value is -6.63. The zero-order valence-electron chi connectivity index (χ0n) is 47.5. The van der Waals surface area contributed by atoms with Gasteiger partial charge in [-0.1, -0.05) is 70.1 Å². The number of piperidine rings is 1. The van der Waals surface area contributed by atoms with E-state index in [0.717, 1.165) is 145 Å². The first-order valence-electron chi connectivity index (χ1n) is 28.8. The minimum atomic E-state index is -1.30. The molecule has 3 N–H and O–H groups in total. The van der Waals surface area contributed by atoms with Gasteiger partial charge in [0.2, 0.25) is 11.8 Å². The SMILES string of the molecule is COc1ccc(C(=O)N(CC(C)(C)CCCCCCn2cc(CCCCCCCCC(=O)NCCC[N+](C)(CC(=O)[O-])CC(=O)O)nn2)c2cccc(C)n2)c(N2CCC(COc3cc([C@@H](CC(=O)O)C4CC4)ccn3)CC2)c1. The number of hydrogen-bond donors (Lipinski definition) is 3. The summed E-state index contributed by atoms with van der Waals surface area (Å²) in [6.45, 7) is 9.70. The van der Waals surface area contributed by atoms with Gasteiger partial charge >= 0.3 is 11.9 Å². The van der Waals surface area contributed by atoms with Gasteiger partial charge in [-0.3, -0.25) is 24.0 Å². The summed E-state index contributed by atoms with van der Waals surface area (Å²) in [6, 6.07) is 15.4. The number of hydrogen-bond acceptors (Lipinski definition) is 13. The summed E-state index contributed by atoms with van der Waals surface area (Å²) in [4.78, 5) is 74.6. The van der Waals surface area contributed by atoms with Crippen molar-refractivity contribution in [3.05, 3.63) is 83.4 Å². The number of aliphatic carboxylic acids is 3. The summed E-state index contributed by atoms with van der Waals surface area (Å²) in [7, 11) is 3.21. The molecule has 2 fully saturated rings. The number of ether oxygens (including phenoxy) is 2. The van der Waals surface area contributed by atoms with E-state index >= 15 is 0 Å². The van der Waals surface area contributed by atoms with Gasteiger partial charge < -0.3 is 44.3 Å². The molecule has 432 valence electrons. The number of aryl methyl sites for hydroxylation is 3. The smallest absolute Gasteiger partial charge is 0.359 e. The van der Waals surface area contributed by atoms with Crippen LogP contribution in [0.15, 0.2) is 60.9 Å². The van der Waals surface area contributed by atoms with Crippen molar-refractivity contribution in [3.8, 4) is 11.6 Å². The van der Waals surface area contributed by atoms with Gasteiger partial charge in [-0.25, -0.2) is 14.8 Å². The average Bonchev–Trinajstić information content (AvgIpc) is 4.21. The third-order valence-electron chi connectivity index (χ3n) is 15.5. The van der Waals surface area contributed by atoms with Crippen LogP contribution in [-0.2, 0) is 32.1 Å². The lowest BCUT2D eigenvalue weighted by atomic mass is 9.86. The third-order valence-corrected chi connectivity index (χ3v) is 15.5. The molecule has 4 aromatic rings. The van der Waals surface area contributed by atoms with E-state index in [4.69, 9.17) is 19.6 Å². The first-order chi connectivity index (χ1) is 37.9. The molecular weight excluding hydrogens is 1010 g/mol. The summed E-state index contributed by atoms with van der Waals surface area (Å²) in [5, 5.41) is 41.4. The molecule has 2 aliphatic rings. The molecule has 6 rings (SSSR count). The Labute approximate surface area is 467 Å². The molecule has 1 aromatic carbocycles. The quantitative estimate of drug-likeness (QED) is 0.0286. The van der Waals surface area contributed by atoms with Gasteiger partial charge in [0.25, 0.3) is 5.91 Å². The molecule has 1 aliphatic carbocycles. The monoisotopic (exact) mass is 1090 g/mol. The number of likely N-dealkylation sites (N-methyl/N-ethyl adjacent to an activating group) is 1. The van der Waals surface area contributed by atoms with Crippen molar-refractivity contribution in [2.75, 3.05) is 76.4 Å². The van der Waals surface area contributed by atoms with E-state index in [2.05, 4.69) is 45.6 Å². The van der Waals surface area contributed by atoms with Crippen LogP contribution in [0.3, 0.4) is 0 Å². The summed E-state index contributed by atoms with van der Waals surface area (Å²) in [5.41, 5.74) is 4.08. The second kappa shape index (κ2) is 30.7. The first-order valence-corrected chi connectivity index (χ1v) is 28.8. The van der Waals surface area contributed by atoms with Crippen LogP contribution in [0.5, 0.6) is 11.6 Å². The zero-order valence-corrected chi connectivity index (χ0v) is 47.5. The standard InChI is InChI=1S/C60H87N9O10/c1-44-18-16-20-53(63-44)68(59(77)50-25-24-49(78-5)37-52(50)66-33-27-45(28-34-66)42-79-55-36-47(26-31-62-55)51(38-56(71)72)46-22-23-46)43-60(2,3)29-14-10-11-15-32-67-39-48(64-65-67)19-12-8-6-7-9-13-21-54(70)61-30-17-35-69(4,40-57(73)74)41-58(75)76/h16,18,20,24-26,31,36-37,39,45-46,51H,6-15,17,19,21-23,27-30,32-35,38,40-43H2,1-5H3,(H3-,61,70,71,72,73,74,75,76)/t51-/m0/s1. The van der Waals surface area contributed by atoms with Gasteiger partial charge in [0, 0.05) is 75.8 Å². The van der Waals surface area contributed by atoms with Crippen molar-refractivity contribution >= 4 is 41.2 Å². The van der Waals surface area contributed by atoms with Crippen LogP contribution in [0.25, 0.3) is 0 Å². The zero-order chi connectivity index (χ0) is 56.8. The molecule has 1 saturated heterocycles. The fraction of sp³-hybridized carbons (Fsp3) is 0.617. The fourth-order valence-electron chi connectivity index (χ4n) is 10.9. The second-order valence-electron chi connectivity index (χ2n) is 23.2. The number of amides is 2. The summed E-state index contributed by atoms with van der Waals surface area (Å²) < 4.78 is 13.7. The number of rotatable bonds is 37. The predicted octanol–water partition coefficient (Wildman–Crippen LogP) is 8.03. The number of aromatic nitrogens is 5. The molecule has 2 amide bonds. The van der Waals surface area contributed by atoms with Crippen molar-refractivity contribution in [1.29, 1.82) is 0 Å². The first kappa shape index (κ1) is 61.6. The van der Waals surface area contributed by atoms with Gasteiger partial charge in [-0.05, 0) is 124 Å². The Kier molecular flexibility index (Phi) is 23.9. The molecule has 0 spiro atoms. The van der Waals surface area contributed by atoms with Gasteiger partial charge in [0.1, 0.15) is 18.1 Å². The third kappa shape index (κ3) is 21.2. The topological polar surface area (TPSA) is 242 Å². The van der Waals surface area contributed by atoms with Crippen molar-refractivity contribution in [3.63, 3.8) is 0 Å². The molecule has 1 unspecified atom stereocenters. The highest BCUT2D eigenvalue weighted by molar-refractivity contribution is 6.09. The lowest BCUT2D eigenvalue weighted by Crippen LogP contribution is -2.54. The number of carboxylic acids is 3. The maximum absolute atomic E-state index is 15.0. The highest BCUT2D eigenvalue weighted by Gasteiger charge is 2.35. The number of pyridine rings is 2. The largest absolute Gasteiger partial charge is 0.544 e. The maximum atomic E-state index is 15.0. The van der Waals surface area contributed by atoms with Crippen LogP contribution < -0.4 is 29.7 Å². The predicted molar refractivity (Wildman–Crippen MR) is 300 cm³/mol. The number of carboxylic acid groups (broad SMARTS) is 3. The van der Waals surface area contributed by atoms with Crippen molar-refractivity contribution in [2.24, 2.45) is 17.3 Å². The highest BCUT2D eigenvalue weighted by Crippen LogP contribution is 2.45. The summed E-state index contributed by atoms with van der Waals surface area (Å²) >= 11 is 0. The maximum Gasteiger partial charge on any atom is 0.359 e. The lowest BCUT2D eigenvalue weighted by Gasteiger charge is -2.36. The second-order valence-corrected chi connectivity index (χ2v) is 23.2. The number of nitrogens with zero attached hydrogens (tertiary/aromatic N) is 8. The van der Waals surface area contributed by atoms with Crippen LogP contribution in [-0.4, -0.2) is 136 Å². The minimum Gasteiger partial charge on any atom is -0.544 e. The van der Waals surface area contributed by atoms with Crippen molar-refractivity contribution in [2.45, 2.75) is 155 Å². The van der Waals surface area contributed by atoms with E-state index in [9.17, 15) is 34.2 Å². The highest BCUT2D eigenvalue weighted by atomic mass is 16.5. The average molecular weight is 1090 g/mol. The fourth-order valence-corrected chi connectivity index (χ4v) is 10.9. The van der Waals surface area contributed by atoms with Crippen LogP contribution >= 0.6 is 0 Å². The number of methoxy groups -OCH3 is 1. The number of benzene rings is 1. The van der Waals surface area contributed by atoms with Gasteiger partial charge in [-0.15, -0.1) is 5.10 Å². The number of nitrogens with one attached hydrogen (secondary N) is 1. The Morgan fingerprint density at radius 2 is 1.62 bits per heavy atom. The molecule has 79 heavy (non-hydrogen) atoms. The molecule has 0 radical (unpaired) electrons. The Morgan fingerprint density at radius 3 is 2.33 bits per heavy atom. The molecule has 19 heteroatoms. The molecule has 3 aromatic heterocycles. The van der Waals surface area contributed by atoms with Crippen molar-refractivity contribution < 1.29 is 53.2 Å².